The molecule has 94 valence electrons. The molecular weight excluding hydrogens is 228 g/mol. The number of carbonyl (C=O) groups excluding carboxylic acids is 1. The third-order valence-electron chi connectivity index (χ3n) is 2.76. The molecule has 1 fully saturated rings. The smallest absolute Gasteiger partial charge is 0.223 e. The van der Waals surface area contributed by atoms with Crippen molar-refractivity contribution in [1.82, 2.24) is 10.0 Å². The van der Waals surface area contributed by atoms with E-state index in [-0.39, 0.29) is 18.4 Å². The lowest BCUT2D eigenvalue weighted by atomic mass is 9.89. The molecule has 0 aromatic heterocycles. The fraction of sp³-hybridized carbons (Fsp3) is 0.900. The molecule has 16 heavy (non-hydrogen) atoms. The number of sulfonamides is 1. The fourth-order valence-corrected chi connectivity index (χ4v) is 2.40. The second-order valence-electron chi connectivity index (χ2n) is 4.29. The standard InChI is InChI=1S/C10H20N2O3S/c1-16(14,15)12-8-7-11-10(13)9-5-3-2-4-6-9/h9,12H,2-8H2,1H3,(H,11,13). The van der Waals surface area contributed by atoms with Crippen LogP contribution in [0.15, 0.2) is 0 Å². The van der Waals surface area contributed by atoms with Crippen molar-refractivity contribution in [3.8, 4) is 0 Å². The molecule has 0 spiro atoms. The van der Waals surface area contributed by atoms with Crippen molar-refractivity contribution in [2.75, 3.05) is 19.3 Å². The summed E-state index contributed by atoms with van der Waals surface area (Å²) in [6, 6.07) is 0. The zero-order valence-corrected chi connectivity index (χ0v) is 10.5. The molecule has 0 aromatic rings. The minimum atomic E-state index is -3.15. The Hall–Kier alpha value is -0.620. The molecule has 6 heteroatoms. The van der Waals surface area contributed by atoms with Gasteiger partial charge in [0.15, 0.2) is 0 Å². The maximum Gasteiger partial charge on any atom is 0.223 e. The molecule has 5 nitrogen and oxygen atoms in total. The zero-order chi connectivity index (χ0) is 12.0. The quantitative estimate of drug-likeness (QED) is 0.684. The first-order valence-corrected chi connectivity index (χ1v) is 7.60. The van der Waals surface area contributed by atoms with E-state index >= 15 is 0 Å². The molecule has 1 aliphatic carbocycles. The van der Waals surface area contributed by atoms with Gasteiger partial charge in [-0.3, -0.25) is 4.79 Å². The number of hydrogen-bond donors (Lipinski definition) is 2. The van der Waals surface area contributed by atoms with E-state index in [2.05, 4.69) is 10.0 Å². The van der Waals surface area contributed by atoms with E-state index < -0.39 is 10.0 Å². The highest BCUT2D eigenvalue weighted by Crippen LogP contribution is 2.23. The van der Waals surface area contributed by atoms with Crippen molar-refractivity contribution in [3.05, 3.63) is 0 Å². The van der Waals surface area contributed by atoms with Gasteiger partial charge in [-0.2, -0.15) is 0 Å². The molecule has 1 aliphatic rings. The normalized spacial score (nSPS) is 18.3. The van der Waals surface area contributed by atoms with Gasteiger partial charge in [-0.25, -0.2) is 13.1 Å². The average Bonchev–Trinajstić information content (AvgIpc) is 2.24. The van der Waals surface area contributed by atoms with Crippen LogP contribution in [-0.2, 0) is 14.8 Å². The minimum absolute atomic E-state index is 0.0648. The van der Waals surface area contributed by atoms with Crippen molar-refractivity contribution in [2.45, 2.75) is 32.1 Å². The largest absolute Gasteiger partial charge is 0.355 e. The van der Waals surface area contributed by atoms with Gasteiger partial charge in [-0.05, 0) is 12.8 Å². The Bertz CT molecular complexity index is 321. The van der Waals surface area contributed by atoms with Gasteiger partial charge in [0.2, 0.25) is 15.9 Å². The van der Waals surface area contributed by atoms with Gasteiger partial charge in [0.1, 0.15) is 0 Å². The van der Waals surface area contributed by atoms with Crippen LogP contribution in [0.2, 0.25) is 0 Å². The Kier molecular flexibility index (Phi) is 5.21. The molecule has 0 unspecified atom stereocenters. The molecule has 0 saturated heterocycles. The van der Waals surface area contributed by atoms with Crippen LogP contribution in [0, 0.1) is 5.92 Å². The predicted molar refractivity (Wildman–Crippen MR) is 62.4 cm³/mol. The number of amides is 1. The summed E-state index contributed by atoms with van der Waals surface area (Å²) in [4.78, 5) is 11.6. The summed E-state index contributed by atoms with van der Waals surface area (Å²) in [6.45, 7) is 0.625. The molecule has 0 aliphatic heterocycles. The highest BCUT2D eigenvalue weighted by Gasteiger charge is 2.20. The zero-order valence-electron chi connectivity index (χ0n) is 9.66. The summed E-state index contributed by atoms with van der Waals surface area (Å²) in [6.07, 6.45) is 6.51. The number of nitrogens with one attached hydrogen (secondary N) is 2. The van der Waals surface area contributed by atoms with Crippen molar-refractivity contribution in [3.63, 3.8) is 0 Å². The molecule has 0 atom stereocenters. The summed E-state index contributed by atoms with van der Waals surface area (Å²) in [5.41, 5.74) is 0. The van der Waals surface area contributed by atoms with E-state index in [0.29, 0.717) is 6.54 Å². The summed E-state index contributed by atoms with van der Waals surface area (Å²) < 4.78 is 23.8. The first-order valence-electron chi connectivity index (χ1n) is 5.71. The van der Waals surface area contributed by atoms with Crippen LogP contribution >= 0.6 is 0 Å². The monoisotopic (exact) mass is 248 g/mol. The minimum Gasteiger partial charge on any atom is -0.355 e. The number of hydrogen-bond acceptors (Lipinski definition) is 3. The van der Waals surface area contributed by atoms with E-state index in [9.17, 15) is 13.2 Å². The first-order chi connectivity index (χ1) is 7.49. The van der Waals surface area contributed by atoms with Crippen LogP contribution in [-0.4, -0.2) is 33.7 Å². The second-order valence-corrected chi connectivity index (χ2v) is 6.13. The summed E-state index contributed by atoms with van der Waals surface area (Å²) in [5, 5.41) is 2.76. The van der Waals surface area contributed by atoms with Crippen molar-refractivity contribution >= 4 is 15.9 Å². The summed E-state index contributed by atoms with van der Waals surface area (Å²) >= 11 is 0. The molecule has 1 saturated carbocycles. The lowest BCUT2D eigenvalue weighted by molar-refractivity contribution is -0.125. The molecule has 1 rings (SSSR count). The van der Waals surface area contributed by atoms with E-state index in [0.717, 1.165) is 31.9 Å². The Morgan fingerprint density at radius 2 is 1.81 bits per heavy atom. The molecule has 0 aromatic carbocycles. The number of rotatable bonds is 5. The van der Waals surface area contributed by atoms with Crippen LogP contribution in [0.5, 0.6) is 0 Å². The average molecular weight is 248 g/mol. The molecule has 0 bridgehead atoms. The van der Waals surface area contributed by atoms with Crippen LogP contribution in [0.4, 0.5) is 0 Å². The van der Waals surface area contributed by atoms with Gasteiger partial charge in [0, 0.05) is 19.0 Å². The summed E-state index contributed by atoms with van der Waals surface area (Å²) in [5.74, 6) is 0.196. The molecule has 0 radical (unpaired) electrons. The Labute approximate surface area is 97.0 Å². The third kappa shape index (κ3) is 5.46. The first kappa shape index (κ1) is 13.4. The van der Waals surface area contributed by atoms with Gasteiger partial charge in [0.05, 0.1) is 6.26 Å². The van der Waals surface area contributed by atoms with Crippen LogP contribution in [0.3, 0.4) is 0 Å². The van der Waals surface area contributed by atoms with Gasteiger partial charge in [-0.15, -0.1) is 0 Å². The van der Waals surface area contributed by atoms with Gasteiger partial charge in [0.25, 0.3) is 0 Å². The maximum absolute atomic E-state index is 11.6. The second kappa shape index (κ2) is 6.20. The highest BCUT2D eigenvalue weighted by atomic mass is 32.2. The van der Waals surface area contributed by atoms with Gasteiger partial charge in [-0.1, -0.05) is 19.3 Å². The summed E-state index contributed by atoms with van der Waals surface area (Å²) in [7, 11) is -3.15. The van der Waals surface area contributed by atoms with Crippen molar-refractivity contribution in [1.29, 1.82) is 0 Å². The predicted octanol–water partition coefficient (Wildman–Crippen LogP) is 0.232. The van der Waals surface area contributed by atoms with E-state index in [4.69, 9.17) is 0 Å². The third-order valence-corrected chi connectivity index (χ3v) is 3.49. The van der Waals surface area contributed by atoms with Gasteiger partial charge >= 0.3 is 0 Å². The maximum atomic E-state index is 11.6. The van der Waals surface area contributed by atoms with Crippen molar-refractivity contribution < 1.29 is 13.2 Å². The Morgan fingerprint density at radius 3 is 2.38 bits per heavy atom. The fourth-order valence-electron chi connectivity index (χ4n) is 1.93. The number of carbonyl (C=O) groups is 1. The topological polar surface area (TPSA) is 75.3 Å². The van der Waals surface area contributed by atoms with Gasteiger partial charge < -0.3 is 5.32 Å². The molecule has 1 amide bonds. The van der Waals surface area contributed by atoms with Crippen LogP contribution in [0.25, 0.3) is 0 Å². The van der Waals surface area contributed by atoms with Crippen molar-refractivity contribution in [2.24, 2.45) is 5.92 Å². The molecular formula is C10H20N2O3S. The molecule has 2 N–H and O–H groups in total. The van der Waals surface area contributed by atoms with Crippen LogP contribution < -0.4 is 10.0 Å². The van der Waals surface area contributed by atoms with E-state index in [1.54, 1.807) is 0 Å². The van der Waals surface area contributed by atoms with E-state index in [1.807, 2.05) is 0 Å². The Balaban J connectivity index is 2.14. The lowest BCUT2D eigenvalue weighted by Crippen LogP contribution is -2.37. The van der Waals surface area contributed by atoms with E-state index in [1.165, 1.54) is 6.42 Å². The SMILES string of the molecule is CS(=O)(=O)NCCNC(=O)C1CCCCC1. The Morgan fingerprint density at radius 1 is 1.19 bits per heavy atom. The highest BCUT2D eigenvalue weighted by molar-refractivity contribution is 7.88. The molecule has 0 heterocycles. The van der Waals surface area contributed by atoms with Crippen LogP contribution in [0.1, 0.15) is 32.1 Å². The lowest BCUT2D eigenvalue weighted by Gasteiger charge is -2.20.